The molecule has 2 aromatic rings. The van der Waals surface area contributed by atoms with E-state index in [-0.39, 0.29) is 0 Å². The van der Waals surface area contributed by atoms with Crippen molar-refractivity contribution in [1.82, 2.24) is 0 Å². The number of hydrogen-bond acceptors (Lipinski definition) is 3. The van der Waals surface area contributed by atoms with Gasteiger partial charge >= 0.3 is 0 Å². The molecule has 1 aromatic heterocycles. The Morgan fingerprint density at radius 2 is 2.00 bits per heavy atom. The molecule has 0 atom stereocenters. The minimum atomic E-state index is 0.506. The monoisotopic (exact) mass is 334 g/mol. The molecule has 1 heterocycles. The Morgan fingerprint density at radius 1 is 1.19 bits per heavy atom. The summed E-state index contributed by atoms with van der Waals surface area (Å²) in [5.41, 5.74) is 2.82. The van der Waals surface area contributed by atoms with Gasteiger partial charge in [0, 0.05) is 11.1 Å². The summed E-state index contributed by atoms with van der Waals surface area (Å²) < 4.78 is 0. The number of nitriles is 1. The summed E-state index contributed by atoms with van der Waals surface area (Å²) in [6.45, 7) is 0. The van der Waals surface area contributed by atoms with Crippen LogP contribution in [0.3, 0.4) is 0 Å². The molecule has 1 aromatic carbocycles. The molecule has 0 radical (unpaired) electrons. The quantitative estimate of drug-likeness (QED) is 0.662. The Kier molecular flexibility index (Phi) is 4.30. The van der Waals surface area contributed by atoms with Crippen LogP contribution in [-0.2, 0) is 12.8 Å². The average molecular weight is 335 g/mol. The summed E-state index contributed by atoms with van der Waals surface area (Å²) in [7, 11) is 0. The minimum absolute atomic E-state index is 0.506. The first kappa shape index (κ1) is 14.6. The largest absolute Gasteiger partial charge is 0.244 e. The number of thiophene rings is 1. The summed E-state index contributed by atoms with van der Waals surface area (Å²) in [5, 5.41) is 11.2. The van der Waals surface area contributed by atoms with Gasteiger partial charge in [0.2, 0.25) is 0 Å². The van der Waals surface area contributed by atoms with Crippen molar-refractivity contribution in [3.05, 3.63) is 49.8 Å². The van der Waals surface area contributed by atoms with Crippen LogP contribution in [0.2, 0.25) is 10.0 Å². The van der Waals surface area contributed by atoms with Crippen LogP contribution in [0, 0.1) is 11.3 Å². The Bertz CT molecular complexity index is 756. The molecule has 0 unspecified atom stereocenters. The Labute approximate surface area is 137 Å². The highest BCUT2D eigenvalue weighted by Crippen LogP contribution is 2.39. The van der Waals surface area contributed by atoms with Gasteiger partial charge < -0.3 is 0 Å². The van der Waals surface area contributed by atoms with E-state index in [4.69, 9.17) is 23.2 Å². The summed E-state index contributed by atoms with van der Waals surface area (Å²) in [6.07, 6.45) is 6.16. The smallest absolute Gasteiger partial charge is 0.134 e. The molecule has 1 aliphatic carbocycles. The predicted octanol–water partition coefficient (Wildman–Crippen LogP) is 5.56. The molecule has 0 amide bonds. The molecule has 0 aliphatic heterocycles. The molecular weight excluding hydrogens is 323 g/mol. The minimum Gasteiger partial charge on any atom is -0.244 e. The van der Waals surface area contributed by atoms with E-state index in [0.717, 1.165) is 35.4 Å². The van der Waals surface area contributed by atoms with E-state index in [1.54, 1.807) is 29.7 Å². The lowest BCUT2D eigenvalue weighted by atomic mass is 9.96. The van der Waals surface area contributed by atoms with Gasteiger partial charge in [-0.25, -0.2) is 4.99 Å². The Hall–Kier alpha value is -1.34. The van der Waals surface area contributed by atoms with Crippen LogP contribution < -0.4 is 0 Å². The second kappa shape index (κ2) is 6.19. The predicted molar refractivity (Wildman–Crippen MR) is 89.4 cm³/mol. The lowest BCUT2D eigenvalue weighted by Crippen LogP contribution is -1.99. The van der Waals surface area contributed by atoms with Crippen molar-refractivity contribution in [2.45, 2.75) is 25.7 Å². The molecule has 0 saturated heterocycles. The SMILES string of the molecule is N#Cc1c(/N=C/c2ccc(Cl)c(Cl)c2)sc2c1CCCC2. The lowest BCUT2D eigenvalue weighted by Gasteiger charge is -2.09. The van der Waals surface area contributed by atoms with Crippen molar-refractivity contribution in [2.24, 2.45) is 4.99 Å². The molecule has 0 bridgehead atoms. The molecule has 106 valence electrons. The van der Waals surface area contributed by atoms with Crippen LogP contribution in [0.1, 0.15) is 34.4 Å². The number of aliphatic imine (C=N–C) groups is 1. The van der Waals surface area contributed by atoms with E-state index in [1.165, 1.54) is 16.9 Å². The van der Waals surface area contributed by atoms with E-state index in [0.29, 0.717) is 10.0 Å². The third-order valence-electron chi connectivity index (χ3n) is 3.54. The zero-order chi connectivity index (χ0) is 14.8. The lowest BCUT2D eigenvalue weighted by molar-refractivity contribution is 0.696. The average Bonchev–Trinajstić information content (AvgIpc) is 2.86. The third kappa shape index (κ3) is 2.98. The van der Waals surface area contributed by atoms with Gasteiger partial charge in [0.25, 0.3) is 0 Å². The van der Waals surface area contributed by atoms with Crippen molar-refractivity contribution >= 4 is 45.8 Å². The number of fused-ring (bicyclic) bond motifs is 1. The molecule has 0 saturated carbocycles. The molecule has 0 spiro atoms. The number of rotatable bonds is 2. The van der Waals surface area contributed by atoms with Crippen LogP contribution in [-0.4, -0.2) is 6.21 Å². The normalized spacial score (nSPS) is 14.1. The van der Waals surface area contributed by atoms with E-state index in [9.17, 15) is 5.26 Å². The fourth-order valence-corrected chi connectivity index (χ4v) is 3.97. The first-order valence-corrected chi connectivity index (χ1v) is 8.30. The van der Waals surface area contributed by atoms with E-state index >= 15 is 0 Å². The molecule has 5 heteroatoms. The summed E-state index contributed by atoms with van der Waals surface area (Å²) in [4.78, 5) is 5.81. The number of hydrogen-bond donors (Lipinski definition) is 0. The second-order valence-corrected chi connectivity index (χ2v) is 6.83. The van der Waals surface area contributed by atoms with Gasteiger partial charge in [-0.2, -0.15) is 5.26 Å². The van der Waals surface area contributed by atoms with Gasteiger partial charge in [-0.3, -0.25) is 0 Å². The van der Waals surface area contributed by atoms with Gasteiger partial charge in [-0.15, -0.1) is 11.3 Å². The molecule has 1 aliphatic rings. The van der Waals surface area contributed by atoms with Gasteiger partial charge in [0.15, 0.2) is 0 Å². The Morgan fingerprint density at radius 3 is 2.76 bits per heavy atom. The molecule has 3 rings (SSSR count). The molecule has 0 fully saturated rings. The first-order chi connectivity index (χ1) is 10.2. The highest BCUT2D eigenvalue weighted by atomic mass is 35.5. The van der Waals surface area contributed by atoms with Crippen LogP contribution in [0.25, 0.3) is 0 Å². The number of nitrogens with zero attached hydrogens (tertiary/aromatic N) is 2. The van der Waals surface area contributed by atoms with Crippen LogP contribution >= 0.6 is 34.5 Å². The second-order valence-electron chi connectivity index (χ2n) is 4.93. The van der Waals surface area contributed by atoms with Crippen molar-refractivity contribution in [2.75, 3.05) is 0 Å². The molecule has 2 nitrogen and oxygen atoms in total. The van der Waals surface area contributed by atoms with Crippen molar-refractivity contribution in [1.29, 1.82) is 5.26 Å². The van der Waals surface area contributed by atoms with Crippen molar-refractivity contribution < 1.29 is 0 Å². The van der Waals surface area contributed by atoms with E-state index < -0.39 is 0 Å². The van der Waals surface area contributed by atoms with Crippen LogP contribution in [0.15, 0.2) is 23.2 Å². The zero-order valence-electron chi connectivity index (χ0n) is 11.2. The highest BCUT2D eigenvalue weighted by molar-refractivity contribution is 7.16. The molecular formula is C16H12Cl2N2S. The van der Waals surface area contributed by atoms with Crippen molar-refractivity contribution in [3.8, 4) is 6.07 Å². The Balaban J connectivity index is 1.94. The van der Waals surface area contributed by atoms with Gasteiger partial charge in [-0.1, -0.05) is 29.3 Å². The topological polar surface area (TPSA) is 36.1 Å². The maximum atomic E-state index is 9.39. The van der Waals surface area contributed by atoms with E-state index in [1.807, 2.05) is 6.07 Å². The van der Waals surface area contributed by atoms with Crippen LogP contribution in [0.4, 0.5) is 5.00 Å². The fourth-order valence-electron chi connectivity index (χ4n) is 2.48. The molecule has 21 heavy (non-hydrogen) atoms. The first-order valence-electron chi connectivity index (χ1n) is 6.73. The van der Waals surface area contributed by atoms with Crippen molar-refractivity contribution in [3.63, 3.8) is 0 Å². The maximum absolute atomic E-state index is 9.39. The summed E-state index contributed by atoms with van der Waals surface area (Å²) in [5.74, 6) is 0. The number of aryl methyl sites for hydroxylation is 1. The van der Waals surface area contributed by atoms with Gasteiger partial charge in [0.05, 0.1) is 15.6 Å². The standard InChI is InChI=1S/C16H12Cl2N2S/c17-13-6-5-10(7-14(13)18)9-20-16-12(8-19)11-3-1-2-4-15(11)21-16/h5-7,9H,1-4H2/b20-9+. The zero-order valence-corrected chi connectivity index (χ0v) is 13.5. The summed E-state index contributed by atoms with van der Waals surface area (Å²) in [6, 6.07) is 7.69. The maximum Gasteiger partial charge on any atom is 0.134 e. The third-order valence-corrected chi connectivity index (χ3v) is 5.48. The summed E-state index contributed by atoms with van der Waals surface area (Å²) >= 11 is 13.5. The van der Waals surface area contributed by atoms with Gasteiger partial charge in [-0.05, 0) is 48.9 Å². The van der Waals surface area contributed by atoms with E-state index in [2.05, 4.69) is 11.1 Å². The molecule has 0 N–H and O–H groups in total. The van der Waals surface area contributed by atoms with Crippen LogP contribution in [0.5, 0.6) is 0 Å². The fraction of sp³-hybridized carbons (Fsp3) is 0.250. The highest BCUT2D eigenvalue weighted by Gasteiger charge is 2.20. The number of halogens is 2. The van der Waals surface area contributed by atoms with Gasteiger partial charge in [0.1, 0.15) is 11.1 Å². The number of benzene rings is 1.